The first-order chi connectivity index (χ1) is 45.6. The molecule has 0 spiro atoms. The van der Waals surface area contributed by atoms with Crippen LogP contribution in [0.4, 0.5) is 0 Å². The maximum atomic E-state index is 13.3. The summed E-state index contributed by atoms with van der Waals surface area (Å²) in [6.07, 6.45) is 75.1. The normalized spacial score (nSPS) is 23.4. The molecule has 12 unspecified atom stereocenters. The van der Waals surface area contributed by atoms with Gasteiger partial charge in [0.2, 0.25) is 5.91 Å². The molecule has 0 aromatic rings. The molecule has 2 saturated heterocycles. The summed E-state index contributed by atoms with van der Waals surface area (Å²) in [5.41, 5.74) is 0. The molecular formula is C79H133NO13. The first-order valence-corrected chi connectivity index (χ1v) is 36.9. The number of nitrogens with one attached hydrogen (secondary N) is 1. The molecule has 2 aliphatic heterocycles. The molecule has 1 amide bonds. The van der Waals surface area contributed by atoms with Crippen molar-refractivity contribution in [2.45, 2.75) is 338 Å². The standard InChI is InChI=1S/C79H133NO13/c1-3-5-7-9-11-13-15-17-19-21-23-25-26-27-28-29-30-31-32-33-34-35-36-37-38-39-40-41-42-43-45-47-49-51-53-55-57-59-61-63-71(84)80-67(68(83)62-60-58-56-54-52-50-48-46-44-24-22-20-18-16-14-12-10-8-6-4-2)66-90-78-76(89)74(87)77(70(65-82)92-78)93-79-75(88)73(86)72(85)69(64-81)91-79/h5,7,11,13,17,19,23,25,27-28,30-31,33-34,36-37,39-40,52,54,60,62,67-70,72-79,81-83,85-89H,3-4,6,8-10,12,14-16,18,20-22,24,26,29,32,35,38,41-51,53,55-59,61,63-66H2,1-2H3,(H,80,84)/b7-5-,13-11-,19-17-,25-23-,28-27-,31-30-,34-33-,37-36-,40-39-,54-52+,62-60+. The van der Waals surface area contributed by atoms with E-state index in [1.54, 1.807) is 6.08 Å². The van der Waals surface area contributed by atoms with Crippen LogP contribution in [0.25, 0.3) is 0 Å². The molecule has 12 atom stereocenters. The zero-order valence-corrected chi connectivity index (χ0v) is 57.9. The number of aliphatic hydroxyl groups is 8. The van der Waals surface area contributed by atoms with Crippen molar-refractivity contribution in [3.63, 3.8) is 0 Å². The highest BCUT2D eigenvalue weighted by Crippen LogP contribution is 2.30. The summed E-state index contributed by atoms with van der Waals surface area (Å²) in [6, 6.07) is -0.943. The van der Waals surface area contributed by atoms with E-state index in [0.717, 1.165) is 96.3 Å². The maximum Gasteiger partial charge on any atom is 0.220 e. The molecule has 532 valence electrons. The summed E-state index contributed by atoms with van der Waals surface area (Å²) in [5, 5.41) is 87.4. The summed E-state index contributed by atoms with van der Waals surface area (Å²) in [7, 11) is 0. The third-order valence-electron chi connectivity index (χ3n) is 17.1. The Bertz CT molecular complexity index is 2070. The quantitative estimate of drug-likeness (QED) is 0.0204. The minimum atomic E-state index is -1.80. The van der Waals surface area contributed by atoms with Gasteiger partial charge in [0.05, 0.1) is 32.0 Å². The van der Waals surface area contributed by atoms with Crippen LogP contribution in [0, 0.1) is 0 Å². The average molecular weight is 1300 g/mol. The number of ether oxygens (including phenoxy) is 4. The third-order valence-corrected chi connectivity index (χ3v) is 17.1. The minimum Gasteiger partial charge on any atom is -0.394 e. The predicted octanol–water partition coefficient (Wildman–Crippen LogP) is 15.8. The molecular weight excluding hydrogens is 1170 g/mol. The van der Waals surface area contributed by atoms with Crippen LogP contribution in [0.15, 0.2) is 134 Å². The number of allylic oxidation sites excluding steroid dienone is 21. The molecule has 0 aromatic carbocycles. The Morgan fingerprint density at radius 2 is 0.753 bits per heavy atom. The van der Waals surface area contributed by atoms with Crippen LogP contribution in [0.5, 0.6) is 0 Å². The van der Waals surface area contributed by atoms with Crippen molar-refractivity contribution in [3.8, 4) is 0 Å². The monoisotopic (exact) mass is 1300 g/mol. The number of amides is 1. The highest BCUT2D eigenvalue weighted by molar-refractivity contribution is 5.76. The topological polar surface area (TPSA) is 228 Å². The number of carbonyl (C=O) groups excluding carboxylic acids is 1. The van der Waals surface area contributed by atoms with Gasteiger partial charge in [-0.05, 0) is 103 Å². The van der Waals surface area contributed by atoms with Gasteiger partial charge in [0.25, 0.3) is 0 Å². The first kappa shape index (κ1) is 85.2. The van der Waals surface area contributed by atoms with Crippen LogP contribution in [-0.2, 0) is 23.7 Å². The molecule has 2 aliphatic rings. The summed E-state index contributed by atoms with van der Waals surface area (Å²) < 4.78 is 22.8. The lowest BCUT2D eigenvalue weighted by atomic mass is 9.97. The molecule has 14 heteroatoms. The maximum absolute atomic E-state index is 13.3. The van der Waals surface area contributed by atoms with Crippen molar-refractivity contribution >= 4 is 5.91 Å². The van der Waals surface area contributed by atoms with Gasteiger partial charge in [0.1, 0.15) is 48.8 Å². The summed E-state index contributed by atoms with van der Waals surface area (Å²) >= 11 is 0. The van der Waals surface area contributed by atoms with E-state index >= 15 is 0 Å². The van der Waals surface area contributed by atoms with Gasteiger partial charge in [-0.3, -0.25) is 4.79 Å². The lowest BCUT2D eigenvalue weighted by molar-refractivity contribution is -0.359. The average Bonchev–Trinajstić information content (AvgIpc) is 0.854. The van der Waals surface area contributed by atoms with E-state index in [9.17, 15) is 45.6 Å². The SMILES string of the molecule is CC/C=C\C/C=C\C/C=C\C/C=C\C/C=C\C/C=C\C/C=C\C/C=C\C/C=C\CCCCCCCCCCCCCC(=O)NC(COC1OC(CO)C(OC2OC(CO)C(O)C(O)C2O)C(O)C1O)C(O)/C=C/CC/C=C/CCCCCCCCCCCCCCCC. The van der Waals surface area contributed by atoms with Crippen LogP contribution in [0.1, 0.15) is 264 Å². The van der Waals surface area contributed by atoms with Crippen molar-refractivity contribution in [1.82, 2.24) is 5.32 Å². The van der Waals surface area contributed by atoms with Gasteiger partial charge in [0, 0.05) is 6.42 Å². The second-order valence-corrected chi connectivity index (χ2v) is 25.3. The fourth-order valence-corrected chi connectivity index (χ4v) is 11.2. The highest BCUT2D eigenvalue weighted by atomic mass is 16.7. The second-order valence-electron chi connectivity index (χ2n) is 25.3. The Hall–Kier alpha value is -3.87. The highest BCUT2D eigenvalue weighted by Gasteiger charge is 2.51. The molecule has 0 aliphatic carbocycles. The zero-order valence-electron chi connectivity index (χ0n) is 57.9. The Kier molecular flexibility index (Phi) is 56.5. The van der Waals surface area contributed by atoms with E-state index in [0.29, 0.717) is 12.8 Å². The smallest absolute Gasteiger partial charge is 0.220 e. The van der Waals surface area contributed by atoms with Crippen molar-refractivity contribution in [2.24, 2.45) is 0 Å². The number of hydrogen-bond acceptors (Lipinski definition) is 13. The lowest BCUT2D eigenvalue weighted by Crippen LogP contribution is -2.65. The van der Waals surface area contributed by atoms with Gasteiger partial charge < -0.3 is 65.1 Å². The Labute approximate surface area is 564 Å². The lowest BCUT2D eigenvalue weighted by Gasteiger charge is -2.46. The largest absolute Gasteiger partial charge is 0.394 e. The van der Waals surface area contributed by atoms with Gasteiger partial charge >= 0.3 is 0 Å². The fraction of sp³-hybridized carbons (Fsp3) is 0.709. The van der Waals surface area contributed by atoms with Crippen LogP contribution in [-0.4, -0.2) is 140 Å². The van der Waals surface area contributed by atoms with Gasteiger partial charge in [-0.2, -0.15) is 0 Å². The van der Waals surface area contributed by atoms with Crippen LogP contribution >= 0.6 is 0 Å². The van der Waals surface area contributed by atoms with Crippen molar-refractivity contribution in [1.29, 1.82) is 0 Å². The van der Waals surface area contributed by atoms with E-state index in [1.165, 1.54) is 135 Å². The first-order valence-electron chi connectivity index (χ1n) is 36.9. The second kappa shape index (κ2) is 61.7. The Morgan fingerprint density at radius 1 is 0.398 bits per heavy atom. The van der Waals surface area contributed by atoms with Crippen LogP contribution in [0.2, 0.25) is 0 Å². The Balaban J connectivity index is 1.64. The van der Waals surface area contributed by atoms with Crippen molar-refractivity contribution in [3.05, 3.63) is 134 Å². The van der Waals surface area contributed by atoms with Gasteiger partial charge in [-0.15, -0.1) is 0 Å². The molecule has 2 heterocycles. The molecule has 0 radical (unpaired) electrons. The van der Waals surface area contributed by atoms with Crippen LogP contribution in [0.3, 0.4) is 0 Å². The molecule has 2 fully saturated rings. The van der Waals surface area contributed by atoms with Crippen LogP contribution < -0.4 is 5.32 Å². The third kappa shape index (κ3) is 45.3. The molecule has 14 nitrogen and oxygen atoms in total. The molecule has 2 rings (SSSR count). The summed E-state index contributed by atoms with van der Waals surface area (Å²) in [4.78, 5) is 13.3. The zero-order chi connectivity index (χ0) is 67.3. The Morgan fingerprint density at radius 3 is 1.18 bits per heavy atom. The van der Waals surface area contributed by atoms with Crippen molar-refractivity contribution < 1.29 is 64.6 Å². The number of unbranched alkanes of at least 4 members (excludes halogenated alkanes) is 26. The van der Waals surface area contributed by atoms with E-state index in [1.807, 2.05) is 6.08 Å². The van der Waals surface area contributed by atoms with E-state index in [4.69, 9.17) is 18.9 Å². The van der Waals surface area contributed by atoms with Gasteiger partial charge in [0.15, 0.2) is 12.6 Å². The summed E-state index contributed by atoms with van der Waals surface area (Å²) in [5.74, 6) is -0.256. The van der Waals surface area contributed by atoms with Gasteiger partial charge in [-0.25, -0.2) is 0 Å². The minimum absolute atomic E-state index is 0.256. The number of rotatable bonds is 59. The number of hydrogen-bond donors (Lipinski definition) is 9. The van der Waals surface area contributed by atoms with Gasteiger partial charge in [-0.1, -0.05) is 289 Å². The molecule has 93 heavy (non-hydrogen) atoms. The molecule has 9 N–H and O–H groups in total. The predicted molar refractivity (Wildman–Crippen MR) is 382 cm³/mol. The number of carbonyl (C=O) groups is 1. The van der Waals surface area contributed by atoms with E-state index in [2.05, 4.69) is 141 Å². The molecule has 0 saturated carbocycles. The molecule has 0 bridgehead atoms. The van der Waals surface area contributed by atoms with E-state index in [-0.39, 0.29) is 18.9 Å². The summed E-state index contributed by atoms with van der Waals surface area (Å²) in [6.45, 7) is 2.67. The van der Waals surface area contributed by atoms with E-state index < -0.39 is 86.8 Å². The van der Waals surface area contributed by atoms with Crippen molar-refractivity contribution in [2.75, 3.05) is 19.8 Å². The fourth-order valence-electron chi connectivity index (χ4n) is 11.2. The number of aliphatic hydroxyl groups excluding tert-OH is 8. The molecule has 0 aromatic heterocycles.